The maximum atomic E-state index is 12.8. The minimum Gasteiger partial charge on any atom is -0.355 e. The zero-order valence-corrected chi connectivity index (χ0v) is 12.5. The van der Waals surface area contributed by atoms with Crippen molar-refractivity contribution < 1.29 is 9.18 Å². The molecule has 1 aliphatic rings. The molecule has 5 heteroatoms. The van der Waals surface area contributed by atoms with Crippen LogP contribution in [0.25, 0.3) is 0 Å². The zero-order valence-electron chi connectivity index (χ0n) is 12.5. The Morgan fingerprint density at radius 2 is 2.14 bits per heavy atom. The summed E-state index contributed by atoms with van der Waals surface area (Å²) in [5.74, 6) is -0.195. The fourth-order valence-corrected chi connectivity index (χ4v) is 2.73. The molecule has 2 atom stereocenters. The molecule has 1 amide bonds. The summed E-state index contributed by atoms with van der Waals surface area (Å²) in [6, 6.07) is 6.99. The number of piperidine rings is 1. The normalized spacial score (nSPS) is 23.0. The van der Waals surface area contributed by atoms with Crippen molar-refractivity contribution in [3.8, 4) is 0 Å². The summed E-state index contributed by atoms with van der Waals surface area (Å²) in [6.07, 6.45) is 2.61. The predicted octanol–water partition coefficient (Wildman–Crippen LogP) is 1.30. The summed E-state index contributed by atoms with van der Waals surface area (Å²) >= 11 is 0. The van der Waals surface area contributed by atoms with Crippen molar-refractivity contribution in [3.63, 3.8) is 0 Å². The lowest BCUT2D eigenvalue weighted by Gasteiger charge is -2.35. The Balaban J connectivity index is 1.69. The molecular formula is C16H24FN3O. The second-order valence-electron chi connectivity index (χ2n) is 5.83. The first kappa shape index (κ1) is 15.9. The van der Waals surface area contributed by atoms with Gasteiger partial charge in [-0.3, -0.25) is 9.69 Å². The standard InChI is InChI=1S/C16H24FN3O/c1-12-10-15(18)7-9-20(12)11-16(21)19-8-6-13-2-4-14(17)5-3-13/h2-5,12,15H,6-11,18H2,1H3,(H,19,21). The number of halogens is 1. The van der Waals surface area contributed by atoms with Gasteiger partial charge in [0.15, 0.2) is 0 Å². The second-order valence-corrected chi connectivity index (χ2v) is 5.83. The van der Waals surface area contributed by atoms with Crippen LogP contribution in [0.15, 0.2) is 24.3 Å². The quantitative estimate of drug-likeness (QED) is 0.860. The summed E-state index contributed by atoms with van der Waals surface area (Å²) in [5, 5.41) is 2.92. The van der Waals surface area contributed by atoms with Crippen LogP contribution in [0.2, 0.25) is 0 Å². The van der Waals surface area contributed by atoms with Gasteiger partial charge in [0, 0.05) is 25.2 Å². The summed E-state index contributed by atoms with van der Waals surface area (Å²) in [6.45, 7) is 4.00. The first-order chi connectivity index (χ1) is 10.0. The van der Waals surface area contributed by atoms with E-state index in [0.717, 1.165) is 24.9 Å². The van der Waals surface area contributed by atoms with Gasteiger partial charge in [-0.2, -0.15) is 0 Å². The molecular weight excluding hydrogens is 269 g/mol. The predicted molar refractivity (Wildman–Crippen MR) is 81.4 cm³/mol. The van der Waals surface area contributed by atoms with E-state index in [2.05, 4.69) is 17.1 Å². The van der Waals surface area contributed by atoms with Gasteiger partial charge >= 0.3 is 0 Å². The molecule has 1 aromatic rings. The third-order valence-corrected chi connectivity index (χ3v) is 4.05. The number of hydrogen-bond acceptors (Lipinski definition) is 3. The highest BCUT2D eigenvalue weighted by Gasteiger charge is 2.24. The van der Waals surface area contributed by atoms with Crippen LogP contribution in [-0.4, -0.2) is 42.5 Å². The van der Waals surface area contributed by atoms with Crippen LogP contribution in [0.5, 0.6) is 0 Å². The van der Waals surface area contributed by atoms with Crippen LogP contribution in [0.3, 0.4) is 0 Å². The maximum absolute atomic E-state index is 12.8. The topological polar surface area (TPSA) is 58.4 Å². The molecule has 2 rings (SSSR count). The highest BCUT2D eigenvalue weighted by Crippen LogP contribution is 2.15. The third kappa shape index (κ3) is 5.10. The fourth-order valence-electron chi connectivity index (χ4n) is 2.73. The van der Waals surface area contributed by atoms with E-state index in [4.69, 9.17) is 5.73 Å². The molecule has 1 aliphatic heterocycles. The van der Waals surface area contributed by atoms with Crippen LogP contribution < -0.4 is 11.1 Å². The number of nitrogens with zero attached hydrogens (tertiary/aromatic N) is 1. The Bertz CT molecular complexity index is 463. The molecule has 0 bridgehead atoms. The van der Waals surface area contributed by atoms with Crippen molar-refractivity contribution in [3.05, 3.63) is 35.6 Å². The van der Waals surface area contributed by atoms with E-state index in [1.807, 2.05) is 0 Å². The SMILES string of the molecule is CC1CC(N)CCN1CC(=O)NCCc1ccc(F)cc1. The van der Waals surface area contributed by atoms with Crippen molar-refractivity contribution in [2.75, 3.05) is 19.6 Å². The van der Waals surface area contributed by atoms with E-state index in [-0.39, 0.29) is 17.8 Å². The van der Waals surface area contributed by atoms with Crippen molar-refractivity contribution >= 4 is 5.91 Å². The number of rotatable bonds is 5. The smallest absolute Gasteiger partial charge is 0.234 e. The molecule has 3 N–H and O–H groups in total. The van der Waals surface area contributed by atoms with E-state index < -0.39 is 0 Å². The Morgan fingerprint density at radius 3 is 2.81 bits per heavy atom. The number of likely N-dealkylation sites (tertiary alicyclic amines) is 1. The summed E-state index contributed by atoms with van der Waals surface area (Å²) in [7, 11) is 0. The highest BCUT2D eigenvalue weighted by atomic mass is 19.1. The number of hydrogen-bond donors (Lipinski definition) is 2. The highest BCUT2D eigenvalue weighted by molar-refractivity contribution is 5.78. The van der Waals surface area contributed by atoms with Gasteiger partial charge in [0.2, 0.25) is 5.91 Å². The van der Waals surface area contributed by atoms with E-state index >= 15 is 0 Å². The van der Waals surface area contributed by atoms with E-state index in [1.54, 1.807) is 12.1 Å². The number of carbonyl (C=O) groups is 1. The third-order valence-electron chi connectivity index (χ3n) is 4.05. The molecule has 1 aromatic carbocycles. The summed E-state index contributed by atoms with van der Waals surface area (Å²) < 4.78 is 12.8. The molecule has 0 aromatic heterocycles. The lowest BCUT2D eigenvalue weighted by molar-refractivity contribution is -0.123. The van der Waals surface area contributed by atoms with Crippen LogP contribution in [0.1, 0.15) is 25.3 Å². The number of nitrogens with one attached hydrogen (secondary N) is 1. The second kappa shape index (κ2) is 7.52. The van der Waals surface area contributed by atoms with Crippen LogP contribution in [-0.2, 0) is 11.2 Å². The van der Waals surface area contributed by atoms with Gasteiger partial charge in [-0.15, -0.1) is 0 Å². The lowest BCUT2D eigenvalue weighted by atomic mass is 9.99. The monoisotopic (exact) mass is 293 g/mol. The van der Waals surface area contributed by atoms with Gasteiger partial charge in [-0.25, -0.2) is 4.39 Å². The average molecular weight is 293 g/mol. The van der Waals surface area contributed by atoms with E-state index in [0.29, 0.717) is 25.6 Å². The van der Waals surface area contributed by atoms with Gasteiger partial charge < -0.3 is 11.1 Å². The first-order valence-electron chi connectivity index (χ1n) is 7.55. The lowest BCUT2D eigenvalue weighted by Crippen LogP contribution is -2.49. The van der Waals surface area contributed by atoms with Crippen molar-refractivity contribution in [1.29, 1.82) is 0 Å². The molecule has 4 nitrogen and oxygen atoms in total. The van der Waals surface area contributed by atoms with Crippen LogP contribution >= 0.6 is 0 Å². The Kier molecular flexibility index (Phi) is 5.70. The van der Waals surface area contributed by atoms with E-state index in [9.17, 15) is 9.18 Å². The van der Waals surface area contributed by atoms with Gasteiger partial charge in [-0.1, -0.05) is 12.1 Å². The number of benzene rings is 1. The summed E-state index contributed by atoms with van der Waals surface area (Å²) in [4.78, 5) is 14.1. The molecule has 0 radical (unpaired) electrons. The van der Waals surface area contributed by atoms with Crippen molar-refractivity contribution in [1.82, 2.24) is 10.2 Å². The molecule has 116 valence electrons. The average Bonchev–Trinajstić information content (AvgIpc) is 2.44. The fraction of sp³-hybridized carbons (Fsp3) is 0.562. The van der Waals surface area contributed by atoms with Gasteiger partial charge in [0.25, 0.3) is 0 Å². The summed E-state index contributed by atoms with van der Waals surface area (Å²) in [5.41, 5.74) is 6.94. The van der Waals surface area contributed by atoms with Gasteiger partial charge in [0.1, 0.15) is 5.82 Å². The zero-order chi connectivity index (χ0) is 15.2. The van der Waals surface area contributed by atoms with Crippen molar-refractivity contribution in [2.24, 2.45) is 5.73 Å². The maximum Gasteiger partial charge on any atom is 0.234 e. The molecule has 0 aliphatic carbocycles. The largest absolute Gasteiger partial charge is 0.355 e. The molecule has 1 saturated heterocycles. The molecule has 21 heavy (non-hydrogen) atoms. The first-order valence-corrected chi connectivity index (χ1v) is 7.55. The minimum absolute atomic E-state index is 0.0411. The van der Waals surface area contributed by atoms with Crippen molar-refractivity contribution in [2.45, 2.75) is 38.3 Å². The Labute approximate surface area is 125 Å². The number of nitrogens with two attached hydrogens (primary N) is 1. The number of amides is 1. The molecule has 0 saturated carbocycles. The molecule has 1 heterocycles. The Hall–Kier alpha value is -1.46. The van der Waals surface area contributed by atoms with Crippen LogP contribution in [0.4, 0.5) is 4.39 Å². The Morgan fingerprint density at radius 1 is 1.43 bits per heavy atom. The van der Waals surface area contributed by atoms with Gasteiger partial charge in [0.05, 0.1) is 6.54 Å². The minimum atomic E-state index is -0.236. The van der Waals surface area contributed by atoms with E-state index in [1.165, 1.54) is 12.1 Å². The van der Waals surface area contributed by atoms with Crippen LogP contribution in [0, 0.1) is 5.82 Å². The molecule has 2 unspecified atom stereocenters. The molecule has 0 spiro atoms. The molecule has 1 fully saturated rings. The van der Waals surface area contributed by atoms with Gasteiger partial charge in [-0.05, 0) is 43.9 Å². The number of carbonyl (C=O) groups excluding carboxylic acids is 1.